The van der Waals surface area contributed by atoms with Crippen molar-refractivity contribution in [2.24, 2.45) is 10.8 Å². The number of methoxy groups -OCH3 is 1. The molecule has 1 rings (SSSR count). The normalized spacial score (nSPS) is 19.3. The maximum atomic E-state index is 12.0. The minimum Gasteiger partial charge on any atom is -0.469 e. The van der Waals surface area contributed by atoms with Crippen LogP contribution in [0.25, 0.3) is 0 Å². The fraction of sp³-hybridized carbons (Fsp3) is 0.929. The number of carbonyl (C=O) groups is 1. The van der Waals surface area contributed by atoms with E-state index in [0.29, 0.717) is 17.6 Å². The number of esters is 1. The fourth-order valence-corrected chi connectivity index (χ4v) is 3.79. The summed E-state index contributed by atoms with van der Waals surface area (Å²) in [6.07, 6.45) is 4.59. The molecule has 0 aromatic carbocycles. The van der Waals surface area contributed by atoms with Crippen LogP contribution in [-0.2, 0) is 20.3 Å². The molecule has 1 aliphatic rings. The summed E-state index contributed by atoms with van der Waals surface area (Å²) in [4.78, 5) is 11.3. The summed E-state index contributed by atoms with van der Waals surface area (Å²) in [6.45, 7) is 6.61. The monoisotopic (exact) mass is 274 g/mol. The van der Waals surface area contributed by atoms with Crippen LogP contribution in [0.5, 0.6) is 0 Å². The van der Waals surface area contributed by atoms with E-state index in [1.807, 2.05) is 0 Å². The van der Waals surface area contributed by atoms with Crippen LogP contribution in [0, 0.1) is 10.8 Å². The van der Waals surface area contributed by atoms with Crippen LogP contribution in [0.1, 0.15) is 52.9 Å². The van der Waals surface area contributed by atoms with E-state index in [0.717, 1.165) is 31.4 Å². The molecule has 0 saturated heterocycles. The molecular formula is C14H26O3S. The summed E-state index contributed by atoms with van der Waals surface area (Å²) in [5, 5.41) is 0. The van der Waals surface area contributed by atoms with E-state index in [9.17, 15) is 9.00 Å². The number of carbonyl (C=O) groups excluding carboxylic acids is 1. The predicted molar refractivity (Wildman–Crippen MR) is 74.9 cm³/mol. The third-order valence-corrected chi connectivity index (χ3v) is 5.15. The molecule has 1 unspecified atom stereocenters. The van der Waals surface area contributed by atoms with Crippen LogP contribution in [0.4, 0.5) is 0 Å². The second-order valence-corrected chi connectivity index (χ2v) is 8.28. The Bertz CT molecular complexity index is 313. The minimum absolute atomic E-state index is 0.000311. The summed E-state index contributed by atoms with van der Waals surface area (Å²) in [5.41, 5.74) is 0.313. The van der Waals surface area contributed by atoms with Crippen LogP contribution < -0.4 is 0 Å². The SMILES string of the molecule is COC(=O)CC1(CS(=O)CCCC(C)(C)C)CC1. The van der Waals surface area contributed by atoms with Crippen LogP contribution in [0.2, 0.25) is 0 Å². The smallest absolute Gasteiger partial charge is 0.306 e. The largest absolute Gasteiger partial charge is 0.469 e. The van der Waals surface area contributed by atoms with Gasteiger partial charge in [0.15, 0.2) is 0 Å². The lowest BCUT2D eigenvalue weighted by molar-refractivity contribution is -0.141. The molecule has 3 nitrogen and oxygen atoms in total. The lowest BCUT2D eigenvalue weighted by Crippen LogP contribution is -2.19. The number of ether oxygens (including phenoxy) is 1. The lowest BCUT2D eigenvalue weighted by Gasteiger charge is -2.18. The van der Waals surface area contributed by atoms with Gasteiger partial charge in [-0.25, -0.2) is 0 Å². The van der Waals surface area contributed by atoms with E-state index in [4.69, 9.17) is 4.74 Å². The zero-order valence-electron chi connectivity index (χ0n) is 12.1. The van der Waals surface area contributed by atoms with Crippen molar-refractivity contribution in [2.45, 2.75) is 52.9 Å². The number of hydrogen-bond acceptors (Lipinski definition) is 3. The highest BCUT2D eigenvalue weighted by Crippen LogP contribution is 2.49. The van der Waals surface area contributed by atoms with Gasteiger partial charge in [0.05, 0.1) is 13.5 Å². The van der Waals surface area contributed by atoms with Gasteiger partial charge >= 0.3 is 5.97 Å². The van der Waals surface area contributed by atoms with Gasteiger partial charge in [0, 0.05) is 22.3 Å². The lowest BCUT2D eigenvalue weighted by atomic mass is 9.91. The van der Waals surface area contributed by atoms with Crippen LogP contribution in [-0.4, -0.2) is 28.8 Å². The van der Waals surface area contributed by atoms with Crippen molar-refractivity contribution >= 4 is 16.8 Å². The average molecular weight is 274 g/mol. The molecule has 0 radical (unpaired) electrons. The van der Waals surface area contributed by atoms with E-state index in [2.05, 4.69) is 20.8 Å². The van der Waals surface area contributed by atoms with Gasteiger partial charge in [-0.15, -0.1) is 0 Å². The number of hydrogen-bond donors (Lipinski definition) is 0. The van der Waals surface area contributed by atoms with Crippen molar-refractivity contribution in [2.75, 3.05) is 18.6 Å². The molecule has 0 aliphatic heterocycles. The van der Waals surface area contributed by atoms with Gasteiger partial charge in [-0.2, -0.15) is 0 Å². The van der Waals surface area contributed by atoms with Gasteiger partial charge in [-0.1, -0.05) is 20.8 Å². The Kier molecular flexibility index (Phi) is 5.38. The maximum absolute atomic E-state index is 12.0. The highest BCUT2D eigenvalue weighted by Gasteiger charge is 2.45. The Labute approximate surface area is 113 Å². The molecule has 0 spiro atoms. The topological polar surface area (TPSA) is 43.4 Å². The summed E-state index contributed by atoms with van der Waals surface area (Å²) < 4.78 is 16.7. The predicted octanol–water partition coefficient (Wildman–Crippen LogP) is 2.90. The number of rotatable bonds is 7. The van der Waals surface area contributed by atoms with Gasteiger partial charge in [0.25, 0.3) is 0 Å². The Morgan fingerprint density at radius 3 is 2.39 bits per heavy atom. The summed E-state index contributed by atoms with van der Waals surface area (Å²) in [5.74, 6) is 1.27. The van der Waals surface area contributed by atoms with Gasteiger partial charge in [0.1, 0.15) is 0 Å². The zero-order chi connectivity index (χ0) is 13.8. The molecule has 0 bridgehead atoms. The molecule has 0 aromatic heterocycles. The molecule has 4 heteroatoms. The molecule has 1 fully saturated rings. The van der Waals surface area contributed by atoms with Gasteiger partial charge < -0.3 is 4.74 Å². The van der Waals surface area contributed by atoms with Crippen molar-refractivity contribution in [3.8, 4) is 0 Å². The first kappa shape index (κ1) is 15.7. The van der Waals surface area contributed by atoms with Crippen molar-refractivity contribution in [3.63, 3.8) is 0 Å². The molecule has 0 N–H and O–H groups in total. The first-order chi connectivity index (χ1) is 8.26. The molecule has 1 atom stereocenters. The van der Waals surface area contributed by atoms with Crippen LogP contribution >= 0.6 is 0 Å². The van der Waals surface area contributed by atoms with Crippen molar-refractivity contribution in [1.82, 2.24) is 0 Å². The molecule has 1 saturated carbocycles. The molecule has 106 valence electrons. The zero-order valence-corrected chi connectivity index (χ0v) is 12.9. The molecule has 1 aliphatic carbocycles. The van der Waals surface area contributed by atoms with E-state index in [1.165, 1.54) is 7.11 Å². The Balaban J connectivity index is 2.26. The summed E-state index contributed by atoms with van der Waals surface area (Å²) >= 11 is 0. The van der Waals surface area contributed by atoms with E-state index >= 15 is 0 Å². The second kappa shape index (κ2) is 6.18. The van der Waals surface area contributed by atoms with Crippen LogP contribution in [0.15, 0.2) is 0 Å². The van der Waals surface area contributed by atoms with E-state index in [1.54, 1.807) is 0 Å². The standard InChI is InChI=1S/C14H26O3S/c1-13(2,3)6-5-9-18(16)11-14(7-8-14)10-12(15)17-4/h5-11H2,1-4H3. The summed E-state index contributed by atoms with van der Waals surface area (Å²) in [6, 6.07) is 0. The molecule has 18 heavy (non-hydrogen) atoms. The Morgan fingerprint density at radius 2 is 1.94 bits per heavy atom. The van der Waals surface area contributed by atoms with Crippen molar-refractivity contribution in [1.29, 1.82) is 0 Å². The average Bonchev–Trinajstić information content (AvgIpc) is 2.95. The first-order valence-electron chi connectivity index (χ1n) is 6.68. The molecule has 0 aromatic rings. The van der Waals surface area contributed by atoms with E-state index < -0.39 is 10.8 Å². The Hall–Kier alpha value is -0.380. The summed E-state index contributed by atoms with van der Waals surface area (Å²) in [7, 11) is 0.628. The van der Waals surface area contributed by atoms with Gasteiger partial charge in [-0.05, 0) is 36.5 Å². The van der Waals surface area contributed by atoms with Gasteiger partial charge in [0.2, 0.25) is 0 Å². The van der Waals surface area contributed by atoms with Gasteiger partial charge in [-0.3, -0.25) is 9.00 Å². The third kappa shape index (κ3) is 5.98. The fourth-order valence-electron chi connectivity index (χ4n) is 2.10. The third-order valence-electron chi connectivity index (χ3n) is 3.47. The first-order valence-corrected chi connectivity index (χ1v) is 8.17. The highest BCUT2D eigenvalue weighted by atomic mass is 32.2. The highest BCUT2D eigenvalue weighted by molar-refractivity contribution is 7.85. The second-order valence-electron chi connectivity index (χ2n) is 6.71. The molecule has 0 heterocycles. The van der Waals surface area contributed by atoms with E-state index in [-0.39, 0.29) is 11.4 Å². The minimum atomic E-state index is -0.788. The maximum Gasteiger partial charge on any atom is 0.306 e. The quantitative estimate of drug-likeness (QED) is 0.670. The van der Waals surface area contributed by atoms with Crippen molar-refractivity contribution in [3.05, 3.63) is 0 Å². The van der Waals surface area contributed by atoms with Crippen LogP contribution in [0.3, 0.4) is 0 Å². The molecular weight excluding hydrogens is 248 g/mol. The Morgan fingerprint density at radius 1 is 1.33 bits per heavy atom. The molecule has 0 amide bonds. The van der Waals surface area contributed by atoms with Crippen molar-refractivity contribution < 1.29 is 13.7 Å².